The van der Waals surface area contributed by atoms with Gasteiger partial charge < -0.3 is 10.1 Å². The average Bonchev–Trinajstić information content (AvgIpc) is 3.13. The van der Waals surface area contributed by atoms with Crippen LogP contribution in [0, 0.1) is 13.8 Å². The van der Waals surface area contributed by atoms with Crippen molar-refractivity contribution < 1.29 is 9.53 Å². The summed E-state index contributed by atoms with van der Waals surface area (Å²) in [5.41, 5.74) is 1.21. The molecule has 0 bridgehead atoms. The third kappa shape index (κ3) is 4.32. The molecular formula is C15H17N5O2S3. The Morgan fingerprint density at radius 2 is 2.12 bits per heavy atom. The van der Waals surface area contributed by atoms with Gasteiger partial charge in [0, 0.05) is 29.5 Å². The van der Waals surface area contributed by atoms with Crippen molar-refractivity contribution in [1.29, 1.82) is 0 Å². The van der Waals surface area contributed by atoms with Crippen LogP contribution < -0.4 is 5.32 Å². The van der Waals surface area contributed by atoms with Crippen molar-refractivity contribution in [3.8, 4) is 0 Å². The van der Waals surface area contributed by atoms with Crippen LogP contribution in [0.2, 0.25) is 0 Å². The zero-order chi connectivity index (χ0) is 17.8. The molecule has 3 heterocycles. The van der Waals surface area contributed by atoms with Crippen molar-refractivity contribution in [3.05, 3.63) is 21.8 Å². The van der Waals surface area contributed by atoms with Crippen LogP contribution in [-0.2, 0) is 16.1 Å². The number of nitrogens with one attached hydrogen (secondary N) is 1. The number of hydrogen-bond donors (Lipinski definition) is 1. The number of aromatic nitrogens is 4. The predicted molar refractivity (Wildman–Crippen MR) is 101 cm³/mol. The van der Waals surface area contributed by atoms with Gasteiger partial charge in [-0.05, 0) is 19.4 Å². The van der Waals surface area contributed by atoms with Gasteiger partial charge in [-0.25, -0.2) is 9.97 Å². The second-order valence-corrected chi connectivity index (χ2v) is 8.57. The van der Waals surface area contributed by atoms with Crippen LogP contribution in [0.4, 0.5) is 5.13 Å². The molecular weight excluding hydrogens is 378 g/mol. The SMILES string of the molecule is COCc1nnc(NC(=O)CCSc2ncnc3sc(C)c(C)c23)s1. The number of fused-ring (bicyclic) bond motifs is 1. The first-order valence-corrected chi connectivity index (χ1v) is 10.1. The van der Waals surface area contributed by atoms with Gasteiger partial charge in [0.2, 0.25) is 11.0 Å². The minimum absolute atomic E-state index is 0.0869. The largest absolute Gasteiger partial charge is 0.377 e. The van der Waals surface area contributed by atoms with Gasteiger partial charge in [-0.15, -0.1) is 33.3 Å². The molecule has 0 spiro atoms. The lowest BCUT2D eigenvalue weighted by molar-refractivity contribution is -0.115. The second-order valence-electron chi connectivity index (χ2n) is 5.22. The minimum atomic E-state index is -0.0869. The van der Waals surface area contributed by atoms with Gasteiger partial charge in [-0.1, -0.05) is 11.3 Å². The maximum absolute atomic E-state index is 12.1. The van der Waals surface area contributed by atoms with E-state index in [1.54, 1.807) is 36.5 Å². The van der Waals surface area contributed by atoms with Gasteiger partial charge in [0.25, 0.3) is 0 Å². The lowest BCUT2D eigenvalue weighted by Gasteiger charge is -2.03. The summed E-state index contributed by atoms with van der Waals surface area (Å²) in [7, 11) is 1.59. The van der Waals surface area contributed by atoms with Crippen molar-refractivity contribution in [2.45, 2.75) is 31.9 Å². The van der Waals surface area contributed by atoms with E-state index in [0.717, 1.165) is 20.3 Å². The van der Waals surface area contributed by atoms with Crippen LogP contribution in [0.25, 0.3) is 10.2 Å². The molecule has 132 valence electrons. The highest BCUT2D eigenvalue weighted by Crippen LogP contribution is 2.34. The summed E-state index contributed by atoms with van der Waals surface area (Å²) in [4.78, 5) is 23.0. The van der Waals surface area contributed by atoms with E-state index in [0.29, 0.717) is 23.9 Å². The summed E-state index contributed by atoms with van der Waals surface area (Å²) in [6, 6.07) is 0. The zero-order valence-electron chi connectivity index (χ0n) is 14.0. The summed E-state index contributed by atoms with van der Waals surface area (Å²) < 4.78 is 4.99. The van der Waals surface area contributed by atoms with Crippen molar-refractivity contribution >= 4 is 55.7 Å². The highest BCUT2D eigenvalue weighted by Gasteiger charge is 2.13. The highest BCUT2D eigenvalue weighted by atomic mass is 32.2. The van der Waals surface area contributed by atoms with Crippen LogP contribution >= 0.6 is 34.4 Å². The summed E-state index contributed by atoms with van der Waals surface area (Å²) in [5, 5.41) is 13.9. The smallest absolute Gasteiger partial charge is 0.227 e. The molecule has 0 aliphatic rings. The van der Waals surface area contributed by atoms with Gasteiger partial charge in [0.05, 0.1) is 0 Å². The van der Waals surface area contributed by atoms with Crippen molar-refractivity contribution in [2.75, 3.05) is 18.2 Å². The first kappa shape index (κ1) is 18.2. The van der Waals surface area contributed by atoms with Crippen molar-refractivity contribution in [2.24, 2.45) is 0 Å². The Kier molecular flexibility index (Phi) is 5.94. The molecule has 0 aromatic carbocycles. The molecule has 0 atom stereocenters. The van der Waals surface area contributed by atoms with Gasteiger partial charge in [-0.2, -0.15) is 0 Å². The molecule has 0 saturated heterocycles. The van der Waals surface area contributed by atoms with E-state index < -0.39 is 0 Å². The summed E-state index contributed by atoms with van der Waals surface area (Å²) in [6.45, 7) is 4.57. The predicted octanol–water partition coefficient (Wildman–Crippen LogP) is 3.43. The number of ether oxygens (including phenoxy) is 1. The molecule has 0 radical (unpaired) electrons. The van der Waals surface area contributed by atoms with E-state index in [2.05, 4.69) is 39.3 Å². The summed E-state index contributed by atoms with van der Waals surface area (Å²) in [6.07, 6.45) is 1.95. The zero-order valence-corrected chi connectivity index (χ0v) is 16.5. The summed E-state index contributed by atoms with van der Waals surface area (Å²) in [5.74, 6) is 0.548. The molecule has 0 aliphatic heterocycles. The summed E-state index contributed by atoms with van der Waals surface area (Å²) >= 11 is 4.56. The molecule has 0 fully saturated rings. The molecule has 0 saturated carbocycles. The molecule has 3 rings (SSSR count). The van der Waals surface area contributed by atoms with E-state index in [1.807, 2.05) is 0 Å². The van der Waals surface area contributed by atoms with Crippen LogP contribution in [0.3, 0.4) is 0 Å². The number of anilines is 1. The monoisotopic (exact) mass is 395 g/mol. The molecule has 25 heavy (non-hydrogen) atoms. The maximum atomic E-state index is 12.1. The topological polar surface area (TPSA) is 89.9 Å². The number of carbonyl (C=O) groups excluding carboxylic acids is 1. The number of methoxy groups -OCH3 is 1. The Morgan fingerprint density at radius 3 is 2.92 bits per heavy atom. The molecule has 0 aliphatic carbocycles. The van der Waals surface area contributed by atoms with Crippen LogP contribution in [-0.4, -0.2) is 38.9 Å². The Balaban J connectivity index is 1.56. The quantitative estimate of drug-likeness (QED) is 0.484. The van der Waals surface area contributed by atoms with Gasteiger partial charge in [0.15, 0.2) is 0 Å². The number of carbonyl (C=O) groups is 1. The lowest BCUT2D eigenvalue weighted by atomic mass is 10.2. The standard InChI is InChI=1S/C15H17N5O2S3/c1-8-9(2)24-14-12(8)13(16-7-17-14)23-5-4-10(21)18-15-20-19-11(25-15)6-22-3/h7H,4-6H2,1-3H3,(H,18,20,21). The molecule has 7 nitrogen and oxygen atoms in total. The van der Waals surface area contributed by atoms with Crippen LogP contribution in [0.1, 0.15) is 21.9 Å². The van der Waals surface area contributed by atoms with E-state index in [4.69, 9.17) is 4.74 Å². The molecule has 0 unspecified atom stereocenters. The molecule has 3 aromatic heterocycles. The molecule has 10 heteroatoms. The third-order valence-electron chi connectivity index (χ3n) is 3.48. The highest BCUT2D eigenvalue weighted by molar-refractivity contribution is 7.99. The third-order valence-corrected chi connectivity index (χ3v) is 6.40. The van der Waals surface area contributed by atoms with Gasteiger partial charge >= 0.3 is 0 Å². The molecule has 1 N–H and O–H groups in total. The number of nitrogens with zero attached hydrogens (tertiary/aromatic N) is 4. The fourth-order valence-corrected chi connectivity index (χ4v) is 4.95. The Hall–Kier alpha value is -1.62. The van der Waals surface area contributed by atoms with E-state index >= 15 is 0 Å². The minimum Gasteiger partial charge on any atom is -0.377 e. The van der Waals surface area contributed by atoms with Crippen molar-refractivity contribution in [3.63, 3.8) is 0 Å². The average molecular weight is 396 g/mol. The van der Waals surface area contributed by atoms with E-state index in [9.17, 15) is 4.79 Å². The number of rotatable bonds is 7. The first-order chi connectivity index (χ1) is 12.1. The van der Waals surface area contributed by atoms with Gasteiger partial charge in [0.1, 0.15) is 27.8 Å². The molecule has 1 amide bonds. The van der Waals surface area contributed by atoms with Gasteiger partial charge in [-0.3, -0.25) is 4.79 Å². The number of amides is 1. The van der Waals surface area contributed by atoms with E-state index in [1.165, 1.54) is 21.8 Å². The van der Waals surface area contributed by atoms with Crippen LogP contribution in [0.5, 0.6) is 0 Å². The second kappa shape index (κ2) is 8.17. The fourth-order valence-electron chi connectivity index (χ4n) is 2.17. The number of thiophene rings is 1. The van der Waals surface area contributed by atoms with E-state index in [-0.39, 0.29) is 5.91 Å². The maximum Gasteiger partial charge on any atom is 0.227 e. The fraction of sp³-hybridized carbons (Fsp3) is 0.400. The Labute approximate surface area is 157 Å². The Bertz CT molecular complexity index is 893. The lowest BCUT2D eigenvalue weighted by Crippen LogP contribution is -2.12. The Morgan fingerprint density at radius 1 is 1.28 bits per heavy atom. The number of thioether (sulfide) groups is 1. The normalized spacial score (nSPS) is 11.2. The number of aryl methyl sites for hydroxylation is 2. The number of hydrogen-bond acceptors (Lipinski definition) is 9. The molecule has 3 aromatic rings. The first-order valence-electron chi connectivity index (χ1n) is 7.53. The van der Waals surface area contributed by atoms with Crippen LogP contribution in [0.15, 0.2) is 11.4 Å². The van der Waals surface area contributed by atoms with Crippen molar-refractivity contribution in [1.82, 2.24) is 20.2 Å².